The fraction of sp³-hybridized carbons (Fsp3) is 0.348. The van der Waals surface area contributed by atoms with E-state index in [1.165, 1.54) is 12.1 Å². The van der Waals surface area contributed by atoms with Crippen LogP contribution in [-0.4, -0.2) is 33.7 Å². The molecule has 31 heavy (non-hydrogen) atoms. The highest BCUT2D eigenvalue weighted by Crippen LogP contribution is 2.18. The van der Waals surface area contributed by atoms with Gasteiger partial charge in [-0.15, -0.1) is 9.24 Å². The molecule has 0 aliphatic rings. The molecule has 2 aromatic carbocycles. The van der Waals surface area contributed by atoms with E-state index < -0.39 is 10.1 Å². The van der Waals surface area contributed by atoms with E-state index in [4.69, 9.17) is 13.7 Å². The lowest BCUT2D eigenvalue weighted by Crippen LogP contribution is -2.14. The van der Waals surface area contributed by atoms with E-state index in [-0.39, 0.29) is 22.5 Å². The number of Topliss-reactive ketones (excluding diaryl/α,β-unsaturated/α-hetero) is 1. The lowest BCUT2D eigenvalue weighted by atomic mass is 10.0. The maximum absolute atomic E-state index is 13.0. The number of ketones is 1. The number of benzene rings is 2. The van der Waals surface area contributed by atoms with Gasteiger partial charge in [-0.1, -0.05) is 42.0 Å². The first-order valence-corrected chi connectivity index (χ1v) is 12.0. The number of hydrogen-bond acceptors (Lipinski definition) is 6. The molecule has 0 aliphatic carbocycles. The third-order valence-electron chi connectivity index (χ3n) is 4.44. The Balaban J connectivity index is 2.16. The quantitative estimate of drug-likeness (QED) is 0.0893. The van der Waals surface area contributed by atoms with Gasteiger partial charge in [-0.05, 0) is 51.1 Å². The largest absolute Gasteiger partial charge is 0.386 e. The van der Waals surface area contributed by atoms with Crippen LogP contribution in [0.1, 0.15) is 42.6 Å². The van der Waals surface area contributed by atoms with Crippen molar-refractivity contribution in [3.8, 4) is 0 Å². The summed E-state index contributed by atoms with van der Waals surface area (Å²) in [6.07, 6.45) is 1.49. The van der Waals surface area contributed by atoms with Crippen molar-refractivity contribution in [1.82, 2.24) is 0 Å². The zero-order chi connectivity index (χ0) is 22.9. The Bertz CT molecular complexity index is 982. The number of aryl methyl sites for hydroxylation is 1. The van der Waals surface area contributed by atoms with E-state index in [1.54, 1.807) is 43.3 Å². The number of ether oxygens (including phenoxy) is 2. The molecule has 2 atom stereocenters. The predicted molar refractivity (Wildman–Crippen MR) is 124 cm³/mol. The van der Waals surface area contributed by atoms with Crippen LogP contribution in [0.15, 0.2) is 65.3 Å². The first-order chi connectivity index (χ1) is 14.7. The zero-order valence-electron chi connectivity index (χ0n) is 18.0. The minimum absolute atomic E-state index is 0.0300. The standard InChI is InChI=1S/C23H29O6PS/c1-4-27-18(3)28-15-5-6-20(23(24)19-9-11-21(30)12-10-19)16-29-31(25,26)22-13-7-17(2)8-14-22/h7-14,16,18H,4-6,15,30H2,1-3H3/b20-16+. The summed E-state index contributed by atoms with van der Waals surface area (Å²) in [5, 5.41) is 0.943. The SMILES string of the molecule is CCOC(C)OCCC/C(=C\OS(=O)(=O)c1ccc(C)cc1)C(=O)c1ccc(P)cc1. The normalized spacial score (nSPS) is 13.1. The van der Waals surface area contributed by atoms with Gasteiger partial charge >= 0.3 is 10.1 Å². The molecule has 0 saturated heterocycles. The van der Waals surface area contributed by atoms with Crippen molar-refractivity contribution in [2.45, 2.75) is 44.8 Å². The number of carbonyl (C=O) groups is 1. The Hall–Kier alpha value is -2.05. The van der Waals surface area contributed by atoms with Crippen LogP contribution in [0.25, 0.3) is 0 Å². The first kappa shape index (κ1) is 25.2. The van der Waals surface area contributed by atoms with Gasteiger partial charge < -0.3 is 13.7 Å². The Morgan fingerprint density at radius 1 is 1.06 bits per heavy atom. The average molecular weight is 465 g/mol. The third-order valence-corrected chi connectivity index (χ3v) is 6.02. The summed E-state index contributed by atoms with van der Waals surface area (Å²) in [5.41, 5.74) is 1.64. The van der Waals surface area contributed by atoms with Gasteiger partial charge in [0, 0.05) is 17.7 Å². The van der Waals surface area contributed by atoms with Gasteiger partial charge in [0.05, 0.1) is 6.61 Å². The Kier molecular flexibility index (Phi) is 9.85. The Morgan fingerprint density at radius 2 is 1.71 bits per heavy atom. The smallest absolute Gasteiger partial charge is 0.338 e. The van der Waals surface area contributed by atoms with E-state index in [0.29, 0.717) is 31.6 Å². The van der Waals surface area contributed by atoms with Crippen LogP contribution in [0.2, 0.25) is 0 Å². The minimum atomic E-state index is -4.03. The Morgan fingerprint density at radius 3 is 2.32 bits per heavy atom. The fourth-order valence-corrected chi connectivity index (χ4v) is 3.74. The van der Waals surface area contributed by atoms with Crippen LogP contribution in [0, 0.1) is 6.92 Å². The van der Waals surface area contributed by atoms with E-state index in [0.717, 1.165) is 17.1 Å². The van der Waals surface area contributed by atoms with Crippen LogP contribution in [-0.2, 0) is 23.8 Å². The minimum Gasteiger partial charge on any atom is -0.386 e. The third kappa shape index (κ3) is 8.19. The highest BCUT2D eigenvalue weighted by atomic mass is 32.2. The van der Waals surface area contributed by atoms with Crippen molar-refractivity contribution in [1.29, 1.82) is 0 Å². The molecular formula is C23H29O6PS. The average Bonchev–Trinajstić information content (AvgIpc) is 2.74. The van der Waals surface area contributed by atoms with Crippen LogP contribution < -0.4 is 5.30 Å². The molecule has 0 aliphatic heterocycles. The van der Waals surface area contributed by atoms with Crippen molar-refractivity contribution in [2.75, 3.05) is 13.2 Å². The molecule has 0 amide bonds. The lowest BCUT2D eigenvalue weighted by Gasteiger charge is -2.13. The molecule has 2 aromatic rings. The van der Waals surface area contributed by atoms with Gasteiger partial charge in [0.15, 0.2) is 12.1 Å². The summed E-state index contributed by atoms with van der Waals surface area (Å²) in [6.45, 7) is 6.45. The summed E-state index contributed by atoms with van der Waals surface area (Å²) < 4.78 is 41.0. The van der Waals surface area contributed by atoms with Gasteiger partial charge in [0.1, 0.15) is 11.2 Å². The molecule has 6 nitrogen and oxygen atoms in total. The van der Waals surface area contributed by atoms with E-state index in [2.05, 4.69) is 9.24 Å². The highest BCUT2D eigenvalue weighted by molar-refractivity contribution is 7.86. The van der Waals surface area contributed by atoms with Crippen molar-refractivity contribution in [3.05, 3.63) is 71.5 Å². The monoisotopic (exact) mass is 464 g/mol. The van der Waals surface area contributed by atoms with Crippen LogP contribution in [0.5, 0.6) is 0 Å². The second-order valence-corrected chi connectivity index (χ2v) is 9.19. The Labute approximate surface area is 186 Å². The van der Waals surface area contributed by atoms with Gasteiger partial charge in [0.2, 0.25) is 0 Å². The summed E-state index contributed by atoms with van der Waals surface area (Å²) in [7, 11) is -1.47. The molecule has 0 heterocycles. The molecule has 0 radical (unpaired) electrons. The second kappa shape index (κ2) is 12.1. The second-order valence-electron chi connectivity index (χ2n) is 6.95. The molecule has 2 unspecified atom stereocenters. The van der Waals surface area contributed by atoms with Gasteiger partial charge in [0.25, 0.3) is 0 Å². The summed E-state index contributed by atoms with van der Waals surface area (Å²) in [4.78, 5) is 13.0. The number of rotatable bonds is 12. The number of hydrogen-bond donors (Lipinski definition) is 0. The summed E-state index contributed by atoms with van der Waals surface area (Å²) in [6, 6.07) is 13.3. The molecule has 8 heteroatoms. The van der Waals surface area contributed by atoms with E-state index >= 15 is 0 Å². The maximum atomic E-state index is 13.0. The van der Waals surface area contributed by atoms with Gasteiger partial charge in [-0.3, -0.25) is 4.79 Å². The molecule has 0 bridgehead atoms. The summed E-state index contributed by atoms with van der Waals surface area (Å²) >= 11 is 0. The van der Waals surface area contributed by atoms with Crippen molar-refractivity contribution in [2.24, 2.45) is 0 Å². The van der Waals surface area contributed by atoms with Crippen LogP contribution in [0.4, 0.5) is 0 Å². The molecule has 0 fully saturated rings. The predicted octanol–water partition coefficient (Wildman–Crippen LogP) is 4.15. The number of carbonyl (C=O) groups excluding carboxylic acids is 1. The fourth-order valence-electron chi connectivity index (χ4n) is 2.72. The zero-order valence-corrected chi connectivity index (χ0v) is 20.0. The van der Waals surface area contributed by atoms with Crippen LogP contribution in [0.3, 0.4) is 0 Å². The van der Waals surface area contributed by atoms with Crippen LogP contribution >= 0.6 is 9.24 Å². The molecule has 2 rings (SSSR count). The molecule has 0 saturated carbocycles. The van der Waals surface area contributed by atoms with Crippen molar-refractivity contribution >= 4 is 30.4 Å². The lowest BCUT2D eigenvalue weighted by molar-refractivity contribution is -0.127. The molecular weight excluding hydrogens is 435 g/mol. The van der Waals surface area contributed by atoms with Gasteiger partial charge in [-0.2, -0.15) is 8.42 Å². The first-order valence-electron chi connectivity index (χ1n) is 10.1. The van der Waals surface area contributed by atoms with E-state index in [9.17, 15) is 13.2 Å². The summed E-state index contributed by atoms with van der Waals surface area (Å²) in [5.74, 6) is -0.290. The van der Waals surface area contributed by atoms with E-state index in [1.807, 2.05) is 13.8 Å². The molecule has 0 N–H and O–H groups in total. The van der Waals surface area contributed by atoms with Crippen molar-refractivity contribution in [3.63, 3.8) is 0 Å². The number of allylic oxidation sites excluding steroid dienone is 1. The topological polar surface area (TPSA) is 78.9 Å². The molecule has 0 aromatic heterocycles. The maximum Gasteiger partial charge on any atom is 0.338 e. The van der Waals surface area contributed by atoms with Crippen molar-refractivity contribution < 1.29 is 26.9 Å². The molecule has 0 spiro atoms. The highest BCUT2D eigenvalue weighted by Gasteiger charge is 2.18. The van der Waals surface area contributed by atoms with Gasteiger partial charge in [-0.25, -0.2) is 0 Å². The molecule has 168 valence electrons.